The van der Waals surface area contributed by atoms with Crippen LogP contribution in [0.4, 0.5) is 16.2 Å². The highest BCUT2D eigenvalue weighted by Crippen LogP contribution is 2.60. The number of ether oxygens (including phenoxy) is 1. The molecule has 4 fully saturated rings. The second-order valence-electron chi connectivity index (χ2n) is 8.76. The Kier molecular flexibility index (Phi) is 4.36. The highest BCUT2D eigenvalue weighted by molar-refractivity contribution is 7.48. The van der Waals surface area contributed by atoms with Crippen molar-refractivity contribution in [3.8, 4) is 0 Å². The van der Waals surface area contributed by atoms with Crippen LogP contribution in [0.15, 0.2) is 6.33 Å². The summed E-state index contributed by atoms with van der Waals surface area (Å²) in [4.78, 5) is 15.1. The number of aromatic nitrogens is 4. The summed E-state index contributed by atoms with van der Waals surface area (Å²) in [7, 11) is -3.85. The van der Waals surface area contributed by atoms with Crippen molar-refractivity contribution < 1.29 is 27.3 Å². The number of nitrogens with zero attached hydrogens (tertiary/aromatic N) is 5. The third kappa shape index (κ3) is 3.23. The van der Waals surface area contributed by atoms with Gasteiger partial charge in [0.2, 0.25) is 5.95 Å². The molecule has 4 aliphatic rings. The number of phosphoric ester groups is 1. The van der Waals surface area contributed by atoms with Crippen molar-refractivity contribution in [3.63, 3.8) is 0 Å². The second-order valence-corrected chi connectivity index (χ2v) is 10.4. The average Bonchev–Trinajstić information content (AvgIpc) is 3.37. The third-order valence-corrected chi connectivity index (χ3v) is 7.73. The lowest BCUT2D eigenvalue weighted by atomic mass is 9.98. The van der Waals surface area contributed by atoms with E-state index in [0.29, 0.717) is 22.9 Å². The number of nitrogen functional groups attached to an aromatic ring is 1. The van der Waals surface area contributed by atoms with Crippen molar-refractivity contribution in [3.05, 3.63) is 6.33 Å². The zero-order chi connectivity index (χ0) is 21.4. The summed E-state index contributed by atoms with van der Waals surface area (Å²) in [6.45, 7) is 3.25. The molecule has 5 heterocycles. The van der Waals surface area contributed by atoms with Gasteiger partial charge in [-0.05, 0) is 32.1 Å². The van der Waals surface area contributed by atoms with Crippen LogP contribution < -0.4 is 10.6 Å². The van der Waals surface area contributed by atoms with Gasteiger partial charge in [0.05, 0.1) is 19.5 Å². The third-order valence-electron chi connectivity index (χ3n) is 6.31. The number of anilines is 2. The predicted octanol–water partition coefficient (Wildman–Crippen LogP) is 2.19. The summed E-state index contributed by atoms with van der Waals surface area (Å²) in [6.07, 6.45) is 1.58. The molecule has 31 heavy (non-hydrogen) atoms. The molecular formula is C18H24FN6O5P. The van der Waals surface area contributed by atoms with E-state index in [2.05, 4.69) is 15.0 Å². The molecule has 2 N–H and O–H groups in total. The van der Waals surface area contributed by atoms with Crippen LogP contribution in [-0.2, 0) is 22.9 Å². The molecule has 3 saturated heterocycles. The lowest BCUT2D eigenvalue weighted by molar-refractivity contribution is -0.0709. The minimum atomic E-state index is -3.85. The van der Waals surface area contributed by atoms with Gasteiger partial charge in [-0.25, -0.2) is 13.9 Å². The molecule has 0 aromatic carbocycles. The molecule has 3 aliphatic heterocycles. The number of imidazole rings is 1. The largest absolute Gasteiger partial charge is 0.475 e. The molecule has 6 rings (SSSR count). The van der Waals surface area contributed by atoms with E-state index in [4.69, 9.17) is 24.0 Å². The first-order chi connectivity index (χ1) is 14.8. The molecule has 1 saturated carbocycles. The topological polar surface area (TPSA) is 127 Å². The van der Waals surface area contributed by atoms with Crippen molar-refractivity contribution >= 4 is 30.8 Å². The summed E-state index contributed by atoms with van der Waals surface area (Å²) in [5.41, 5.74) is 4.78. The molecule has 0 bridgehead atoms. The van der Waals surface area contributed by atoms with Gasteiger partial charge in [-0.1, -0.05) is 0 Å². The molecule has 2 aromatic rings. The normalized spacial score (nSPS) is 37.7. The molecule has 0 radical (unpaired) electrons. The van der Waals surface area contributed by atoms with Gasteiger partial charge in [0.1, 0.15) is 12.2 Å². The Labute approximate surface area is 177 Å². The molecule has 13 heteroatoms. The van der Waals surface area contributed by atoms with Crippen molar-refractivity contribution in [2.45, 2.75) is 50.3 Å². The molecule has 5 atom stereocenters. The fourth-order valence-corrected chi connectivity index (χ4v) is 5.77. The van der Waals surface area contributed by atoms with E-state index in [1.54, 1.807) is 0 Å². The minimum absolute atomic E-state index is 0.0738. The number of fused-ring (bicyclic) bond motifs is 2. The van der Waals surface area contributed by atoms with Gasteiger partial charge in [0, 0.05) is 13.1 Å². The van der Waals surface area contributed by atoms with E-state index < -0.39 is 31.9 Å². The first kappa shape index (κ1) is 19.8. The maximum atomic E-state index is 16.1. The number of nitrogens with two attached hydrogens (primary N) is 1. The van der Waals surface area contributed by atoms with Crippen molar-refractivity contribution in [2.24, 2.45) is 5.92 Å². The van der Waals surface area contributed by atoms with Gasteiger partial charge < -0.3 is 15.4 Å². The van der Waals surface area contributed by atoms with Gasteiger partial charge in [0.25, 0.3) is 0 Å². The van der Waals surface area contributed by atoms with Gasteiger partial charge in [0.15, 0.2) is 28.9 Å². The van der Waals surface area contributed by atoms with Crippen LogP contribution >= 0.6 is 7.82 Å². The number of hydrogen-bond donors (Lipinski definition) is 1. The molecule has 2 aromatic heterocycles. The van der Waals surface area contributed by atoms with E-state index >= 15 is 4.39 Å². The number of rotatable bonds is 5. The van der Waals surface area contributed by atoms with Crippen LogP contribution in [-0.4, -0.2) is 63.7 Å². The van der Waals surface area contributed by atoms with Crippen LogP contribution in [0.1, 0.15) is 32.4 Å². The molecular weight excluding hydrogens is 430 g/mol. The number of halogens is 1. The van der Waals surface area contributed by atoms with Crippen molar-refractivity contribution in [2.75, 3.05) is 36.9 Å². The second kappa shape index (κ2) is 6.82. The summed E-state index contributed by atoms with van der Waals surface area (Å²) in [5.74, 6) is 1.06. The Morgan fingerprint density at radius 1 is 1.39 bits per heavy atom. The molecule has 11 nitrogen and oxygen atoms in total. The summed E-state index contributed by atoms with van der Waals surface area (Å²) in [6, 6.07) is 0. The van der Waals surface area contributed by atoms with Gasteiger partial charge >= 0.3 is 7.82 Å². The van der Waals surface area contributed by atoms with Crippen LogP contribution in [0.25, 0.3) is 11.2 Å². The van der Waals surface area contributed by atoms with Gasteiger partial charge in [-0.2, -0.15) is 9.97 Å². The quantitative estimate of drug-likeness (QED) is 0.672. The molecule has 1 unspecified atom stereocenters. The van der Waals surface area contributed by atoms with E-state index in [0.717, 1.165) is 32.4 Å². The maximum absolute atomic E-state index is 16.1. The van der Waals surface area contributed by atoms with Crippen LogP contribution in [0, 0.1) is 5.92 Å². The maximum Gasteiger partial charge on any atom is 0.475 e. The first-order valence-corrected chi connectivity index (χ1v) is 12.0. The highest BCUT2D eigenvalue weighted by Gasteiger charge is 2.61. The monoisotopic (exact) mass is 454 g/mol. The summed E-state index contributed by atoms with van der Waals surface area (Å²) >= 11 is 0. The van der Waals surface area contributed by atoms with Gasteiger partial charge in [-0.3, -0.25) is 18.1 Å². The smallest absolute Gasteiger partial charge is 0.368 e. The molecule has 1 aliphatic carbocycles. The summed E-state index contributed by atoms with van der Waals surface area (Å²) in [5, 5.41) is 0. The first-order valence-electron chi connectivity index (χ1n) is 10.5. The summed E-state index contributed by atoms with van der Waals surface area (Å²) < 4.78 is 52.7. The highest BCUT2D eigenvalue weighted by atomic mass is 31.2. The average molecular weight is 454 g/mol. The fraction of sp³-hybridized carbons (Fsp3) is 0.722. The molecule has 0 amide bonds. The Hall–Kier alpha value is -1.85. The standard InChI is InChI=1S/C18H24FN6O5P/c1-18(19)13-11(8-28-31(26,30-13)27-7-10-3-4-10)29-16(18)25-9-21-12-14(24-5-2-6-24)22-17(20)23-15(12)25/h9-11,13,16H,2-8H2,1H3,(H2,20,22,23)/t11-,13-,16-,18-,31?/m1/s1. The van der Waals surface area contributed by atoms with Crippen LogP contribution in [0.3, 0.4) is 0 Å². The SMILES string of the molecule is C[C@@]1(F)[C@@H]2OP(=O)(OCC3CC3)OC[C@H]2O[C@H]1n1cnc2c(N3CCC3)nc(N)nc21. The minimum Gasteiger partial charge on any atom is -0.368 e. The number of alkyl halides is 1. The van der Waals surface area contributed by atoms with Crippen molar-refractivity contribution in [1.29, 1.82) is 0 Å². The molecule has 168 valence electrons. The van der Waals surface area contributed by atoms with E-state index in [1.165, 1.54) is 17.8 Å². The Balaban J connectivity index is 1.31. The Morgan fingerprint density at radius 2 is 2.19 bits per heavy atom. The fourth-order valence-electron chi connectivity index (χ4n) is 4.23. The lowest BCUT2D eigenvalue weighted by Crippen LogP contribution is -2.44. The Bertz CT molecular complexity index is 1070. The van der Waals surface area contributed by atoms with Crippen LogP contribution in [0.2, 0.25) is 0 Å². The zero-order valence-electron chi connectivity index (χ0n) is 17.0. The Morgan fingerprint density at radius 3 is 2.90 bits per heavy atom. The van der Waals surface area contributed by atoms with E-state index in [1.807, 2.05) is 4.90 Å². The zero-order valence-corrected chi connectivity index (χ0v) is 17.9. The molecule has 0 spiro atoms. The number of phosphoric acid groups is 1. The van der Waals surface area contributed by atoms with Crippen LogP contribution in [0.5, 0.6) is 0 Å². The lowest BCUT2D eigenvalue weighted by Gasteiger charge is -2.33. The predicted molar refractivity (Wildman–Crippen MR) is 107 cm³/mol. The van der Waals surface area contributed by atoms with E-state index in [-0.39, 0.29) is 19.2 Å². The van der Waals surface area contributed by atoms with Gasteiger partial charge in [-0.15, -0.1) is 0 Å². The van der Waals surface area contributed by atoms with E-state index in [9.17, 15) is 4.57 Å². The number of hydrogen-bond acceptors (Lipinski definition) is 10. The van der Waals surface area contributed by atoms with Crippen molar-refractivity contribution in [1.82, 2.24) is 19.5 Å².